The number of aromatic amines is 3. The molecule has 9 heteroatoms. The number of carbonyl (C=O) groups excluding carboxylic acids is 2. The van der Waals surface area contributed by atoms with Crippen molar-refractivity contribution in [2.45, 2.75) is 0 Å². The summed E-state index contributed by atoms with van der Waals surface area (Å²) in [5.41, 5.74) is 2.73. The number of imidazole rings is 2. The predicted octanol–water partition coefficient (Wildman–Crippen LogP) is 3.27. The molecule has 5 aromatic rings. The molecule has 3 heterocycles. The molecule has 29 heavy (non-hydrogen) atoms. The summed E-state index contributed by atoms with van der Waals surface area (Å²) in [6.07, 6.45) is 3.16. The van der Waals surface area contributed by atoms with Gasteiger partial charge in [0.2, 0.25) is 11.9 Å². The number of H-pyrrole nitrogens is 3. The second-order valence-corrected chi connectivity index (χ2v) is 6.40. The lowest BCUT2D eigenvalue weighted by Gasteiger charge is -2.02. The van der Waals surface area contributed by atoms with Crippen molar-refractivity contribution in [3.63, 3.8) is 0 Å². The van der Waals surface area contributed by atoms with Gasteiger partial charge in [0.05, 0.1) is 11.1 Å². The van der Waals surface area contributed by atoms with Crippen molar-refractivity contribution in [3.8, 4) is 0 Å². The number of anilines is 2. The molecule has 3 aromatic heterocycles. The van der Waals surface area contributed by atoms with Gasteiger partial charge in [0.15, 0.2) is 0 Å². The van der Waals surface area contributed by atoms with E-state index in [9.17, 15) is 9.59 Å². The van der Waals surface area contributed by atoms with Gasteiger partial charge in [-0.2, -0.15) is 0 Å². The second-order valence-electron chi connectivity index (χ2n) is 6.40. The number of fused-ring (bicyclic) bond motifs is 2. The van der Waals surface area contributed by atoms with E-state index in [1.54, 1.807) is 36.7 Å². The van der Waals surface area contributed by atoms with Crippen LogP contribution in [0.25, 0.3) is 21.9 Å². The highest BCUT2D eigenvalue weighted by atomic mass is 16.2. The minimum Gasteiger partial charge on any atom is -0.351 e. The van der Waals surface area contributed by atoms with E-state index in [1.165, 1.54) is 0 Å². The highest BCUT2D eigenvalue weighted by molar-refractivity contribution is 6.12. The molecular formula is C20H15N7O2. The lowest BCUT2D eigenvalue weighted by atomic mass is 10.2. The maximum atomic E-state index is 12.6. The molecular weight excluding hydrogens is 370 g/mol. The molecule has 0 aliphatic heterocycles. The zero-order valence-corrected chi connectivity index (χ0v) is 15.0. The fraction of sp³-hybridized carbons (Fsp3) is 0. The summed E-state index contributed by atoms with van der Waals surface area (Å²) in [7, 11) is 0. The molecule has 5 N–H and O–H groups in total. The van der Waals surface area contributed by atoms with Crippen molar-refractivity contribution in [1.82, 2.24) is 24.9 Å². The molecule has 0 unspecified atom stereocenters. The topological polar surface area (TPSA) is 131 Å². The summed E-state index contributed by atoms with van der Waals surface area (Å²) in [4.78, 5) is 42.4. The quantitative estimate of drug-likeness (QED) is 0.325. The molecule has 0 saturated heterocycles. The molecule has 0 atom stereocenters. The second kappa shape index (κ2) is 6.64. The van der Waals surface area contributed by atoms with E-state index in [1.807, 2.05) is 24.3 Å². The molecule has 9 nitrogen and oxygen atoms in total. The summed E-state index contributed by atoms with van der Waals surface area (Å²) in [5, 5.41) is 6.35. The number of nitrogens with one attached hydrogen (secondary N) is 5. The Bertz CT molecular complexity index is 1310. The standard InChI is InChI=1S/C20H15N7O2/c28-17(26-19-21-8-9-22-19)12-5-3-7-14-16(12)25-20(24-14)27-18(29)15-10-11-4-1-2-6-13(11)23-15/h1-10,23H,(H2,21,22,26,28)(H2,24,25,27,29). The Morgan fingerprint density at radius 3 is 2.52 bits per heavy atom. The SMILES string of the molecule is O=C(Nc1nc2c(C(=O)Nc3ncc[nH]3)cccc2[nH]1)c1cc2ccccc2[nH]1. The van der Waals surface area contributed by atoms with Crippen LogP contribution in [0.4, 0.5) is 11.9 Å². The maximum absolute atomic E-state index is 12.6. The fourth-order valence-corrected chi connectivity index (χ4v) is 3.15. The van der Waals surface area contributed by atoms with E-state index in [0.717, 1.165) is 10.9 Å². The third-order valence-corrected chi connectivity index (χ3v) is 4.49. The van der Waals surface area contributed by atoms with Crippen LogP contribution in [0.5, 0.6) is 0 Å². The van der Waals surface area contributed by atoms with Gasteiger partial charge in [-0.05, 0) is 24.3 Å². The minimum absolute atomic E-state index is 0.252. The fourth-order valence-electron chi connectivity index (χ4n) is 3.15. The van der Waals surface area contributed by atoms with Crippen LogP contribution in [0.2, 0.25) is 0 Å². The molecule has 0 aliphatic rings. The van der Waals surface area contributed by atoms with E-state index in [2.05, 4.69) is 35.6 Å². The molecule has 0 fully saturated rings. The molecule has 0 saturated carbocycles. The molecule has 2 aromatic carbocycles. The van der Waals surface area contributed by atoms with E-state index in [0.29, 0.717) is 28.2 Å². The zero-order chi connectivity index (χ0) is 19.8. The minimum atomic E-state index is -0.356. The molecule has 2 amide bonds. The van der Waals surface area contributed by atoms with Crippen molar-refractivity contribution >= 4 is 45.6 Å². The number of nitrogens with zero attached hydrogens (tertiary/aromatic N) is 2. The third kappa shape index (κ3) is 3.10. The summed E-state index contributed by atoms with van der Waals surface area (Å²) in [5.74, 6) is -0.0934. The monoisotopic (exact) mass is 385 g/mol. The van der Waals surface area contributed by atoms with Crippen molar-refractivity contribution < 1.29 is 9.59 Å². The smallest absolute Gasteiger partial charge is 0.274 e. The predicted molar refractivity (Wildman–Crippen MR) is 109 cm³/mol. The zero-order valence-electron chi connectivity index (χ0n) is 15.0. The number of hydrogen-bond donors (Lipinski definition) is 5. The van der Waals surface area contributed by atoms with Gasteiger partial charge in [-0.1, -0.05) is 24.3 Å². The van der Waals surface area contributed by atoms with Gasteiger partial charge in [-0.15, -0.1) is 0 Å². The van der Waals surface area contributed by atoms with Gasteiger partial charge < -0.3 is 15.0 Å². The van der Waals surface area contributed by atoms with E-state index < -0.39 is 0 Å². The molecule has 0 bridgehead atoms. The van der Waals surface area contributed by atoms with Gasteiger partial charge in [-0.25, -0.2) is 9.97 Å². The average molecular weight is 385 g/mol. The van der Waals surface area contributed by atoms with Crippen LogP contribution in [0.3, 0.4) is 0 Å². The Kier molecular flexibility index (Phi) is 3.84. The van der Waals surface area contributed by atoms with Crippen molar-refractivity contribution in [2.24, 2.45) is 0 Å². The highest BCUT2D eigenvalue weighted by Gasteiger charge is 2.16. The summed E-state index contributed by atoms with van der Waals surface area (Å²) < 4.78 is 0. The van der Waals surface area contributed by atoms with E-state index in [-0.39, 0.29) is 17.8 Å². The molecule has 0 radical (unpaired) electrons. The Labute approximate surface area is 163 Å². The number of amides is 2. The van der Waals surface area contributed by atoms with Crippen LogP contribution in [-0.2, 0) is 0 Å². The van der Waals surface area contributed by atoms with Crippen LogP contribution in [0.1, 0.15) is 20.8 Å². The van der Waals surface area contributed by atoms with E-state index in [4.69, 9.17) is 0 Å². The Hall–Kier alpha value is -4.40. The average Bonchev–Trinajstić information content (AvgIpc) is 3.46. The number of aromatic nitrogens is 5. The van der Waals surface area contributed by atoms with Crippen LogP contribution >= 0.6 is 0 Å². The lowest BCUT2D eigenvalue weighted by Crippen LogP contribution is -2.14. The first kappa shape index (κ1) is 16.8. The molecule has 5 rings (SSSR count). The normalized spacial score (nSPS) is 11.0. The summed E-state index contributed by atoms with van der Waals surface area (Å²) in [6.45, 7) is 0. The Morgan fingerprint density at radius 2 is 1.69 bits per heavy atom. The van der Waals surface area contributed by atoms with Crippen molar-refractivity contribution in [3.05, 3.63) is 72.2 Å². The van der Waals surface area contributed by atoms with Gasteiger partial charge in [0.25, 0.3) is 11.8 Å². The van der Waals surface area contributed by atoms with Crippen molar-refractivity contribution in [1.29, 1.82) is 0 Å². The summed E-state index contributed by atoms with van der Waals surface area (Å²) in [6, 6.07) is 14.6. The Morgan fingerprint density at radius 1 is 0.862 bits per heavy atom. The van der Waals surface area contributed by atoms with Gasteiger partial charge in [-0.3, -0.25) is 20.2 Å². The van der Waals surface area contributed by atoms with Gasteiger partial charge >= 0.3 is 0 Å². The van der Waals surface area contributed by atoms with E-state index >= 15 is 0 Å². The molecule has 0 aliphatic carbocycles. The van der Waals surface area contributed by atoms with Crippen LogP contribution in [0.15, 0.2) is 60.9 Å². The largest absolute Gasteiger partial charge is 0.351 e. The lowest BCUT2D eigenvalue weighted by molar-refractivity contribution is 0.101. The first-order valence-electron chi connectivity index (χ1n) is 8.86. The van der Waals surface area contributed by atoms with Crippen LogP contribution in [-0.4, -0.2) is 36.7 Å². The van der Waals surface area contributed by atoms with Crippen LogP contribution < -0.4 is 10.6 Å². The molecule has 142 valence electrons. The van der Waals surface area contributed by atoms with Crippen molar-refractivity contribution in [2.75, 3.05) is 10.6 Å². The highest BCUT2D eigenvalue weighted by Crippen LogP contribution is 2.21. The number of benzene rings is 2. The summed E-state index contributed by atoms with van der Waals surface area (Å²) >= 11 is 0. The van der Waals surface area contributed by atoms with Gasteiger partial charge in [0, 0.05) is 23.3 Å². The maximum Gasteiger partial charge on any atom is 0.274 e. The van der Waals surface area contributed by atoms with Crippen LogP contribution in [0, 0.1) is 0 Å². The Balaban J connectivity index is 1.42. The van der Waals surface area contributed by atoms with Gasteiger partial charge in [0.1, 0.15) is 11.2 Å². The first-order valence-corrected chi connectivity index (χ1v) is 8.86. The number of rotatable bonds is 4. The number of carbonyl (C=O) groups is 2. The first-order chi connectivity index (χ1) is 14.2. The number of para-hydroxylation sites is 2. The third-order valence-electron chi connectivity index (χ3n) is 4.49. The molecule has 0 spiro atoms. The number of hydrogen-bond acceptors (Lipinski definition) is 4.